The van der Waals surface area contributed by atoms with Gasteiger partial charge in [-0.3, -0.25) is 4.79 Å². The van der Waals surface area contributed by atoms with Crippen molar-refractivity contribution in [3.8, 4) is 5.75 Å². The zero-order valence-electron chi connectivity index (χ0n) is 15.2. The number of nitrogens with one attached hydrogen (secondary N) is 1. The van der Waals surface area contributed by atoms with Gasteiger partial charge in [0.2, 0.25) is 15.9 Å². The van der Waals surface area contributed by atoms with E-state index in [0.29, 0.717) is 12.5 Å². The third-order valence-corrected chi connectivity index (χ3v) is 5.67. The SMILES string of the molecule is CCCN(CC(=O)Nc1ccc(F)c(F)c1F)S(=O)(=O)c1ccccc1OC. The molecule has 0 spiro atoms. The lowest BCUT2D eigenvalue weighted by molar-refractivity contribution is -0.116. The van der Waals surface area contributed by atoms with Gasteiger partial charge in [0.1, 0.15) is 10.6 Å². The van der Waals surface area contributed by atoms with Crippen LogP contribution in [-0.4, -0.2) is 38.8 Å². The third-order valence-electron chi connectivity index (χ3n) is 3.79. The molecule has 0 fully saturated rings. The topological polar surface area (TPSA) is 75.7 Å². The summed E-state index contributed by atoms with van der Waals surface area (Å²) in [5, 5.41) is 2.06. The Kier molecular flexibility index (Phi) is 7.03. The summed E-state index contributed by atoms with van der Waals surface area (Å²) in [6, 6.07) is 7.42. The Hall–Kier alpha value is -2.59. The summed E-state index contributed by atoms with van der Waals surface area (Å²) in [7, 11) is -2.78. The normalized spacial score (nSPS) is 11.5. The van der Waals surface area contributed by atoms with E-state index in [0.717, 1.165) is 10.4 Å². The minimum atomic E-state index is -4.10. The standard InChI is InChI=1S/C18H19F3N2O4S/c1-3-10-23(28(25,26)15-7-5-4-6-14(15)27-2)11-16(24)22-13-9-8-12(19)17(20)18(13)21/h4-9H,3,10-11H2,1-2H3,(H,22,24). The number of anilines is 1. The smallest absolute Gasteiger partial charge is 0.247 e. The number of amides is 1. The quantitative estimate of drug-likeness (QED) is 0.671. The highest BCUT2D eigenvalue weighted by molar-refractivity contribution is 7.89. The first kappa shape index (κ1) is 21.7. The molecular formula is C18H19F3N2O4S. The Labute approximate surface area is 161 Å². The van der Waals surface area contributed by atoms with Gasteiger partial charge < -0.3 is 10.1 Å². The van der Waals surface area contributed by atoms with E-state index >= 15 is 0 Å². The highest BCUT2D eigenvalue weighted by Crippen LogP contribution is 2.26. The van der Waals surface area contributed by atoms with Crippen molar-refractivity contribution in [3.63, 3.8) is 0 Å². The van der Waals surface area contributed by atoms with Crippen LogP contribution >= 0.6 is 0 Å². The molecule has 152 valence electrons. The van der Waals surface area contributed by atoms with Crippen LogP contribution in [0.2, 0.25) is 0 Å². The second-order valence-electron chi connectivity index (χ2n) is 5.76. The first-order chi connectivity index (χ1) is 13.2. The molecule has 28 heavy (non-hydrogen) atoms. The van der Waals surface area contributed by atoms with Gasteiger partial charge in [-0.2, -0.15) is 4.31 Å². The number of halogens is 3. The Morgan fingerprint density at radius 3 is 2.43 bits per heavy atom. The molecule has 0 heterocycles. The van der Waals surface area contributed by atoms with E-state index in [1.807, 2.05) is 0 Å². The van der Waals surface area contributed by atoms with Crippen molar-refractivity contribution in [1.29, 1.82) is 0 Å². The van der Waals surface area contributed by atoms with Crippen molar-refractivity contribution in [2.75, 3.05) is 25.5 Å². The molecule has 0 aromatic heterocycles. The summed E-state index contributed by atoms with van der Waals surface area (Å²) in [6.07, 6.45) is 0.404. The van der Waals surface area contributed by atoms with Gasteiger partial charge in [0.15, 0.2) is 17.5 Å². The summed E-state index contributed by atoms with van der Waals surface area (Å²) in [4.78, 5) is 12.1. The fourth-order valence-electron chi connectivity index (χ4n) is 2.48. The van der Waals surface area contributed by atoms with Crippen LogP contribution in [0.5, 0.6) is 5.75 Å². The average Bonchev–Trinajstić information content (AvgIpc) is 2.68. The summed E-state index contributed by atoms with van der Waals surface area (Å²) in [5.74, 6) is -5.50. The highest BCUT2D eigenvalue weighted by atomic mass is 32.2. The largest absolute Gasteiger partial charge is 0.495 e. The molecule has 2 rings (SSSR count). The summed E-state index contributed by atoms with van der Waals surface area (Å²) < 4.78 is 71.9. The van der Waals surface area contributed by atoms with Gasteiger partial charge in [-0.25, -0.2) is 21.6 Å². The number of nitrogens with zero attached hydrogens (tertiary/aromatic N) is 1. The minimum Gasteiger partial charge on any atom is -0.495 e. The molecule has 0 radical (unpaired) electrons. The number of hydrogen-bond acceptors (Lipinski definition) is 4. The number of methoxy groups -OCH3 is 1. The van der Waals surface area contributed by atoms with Crippen molar-refractivity contribution >= 4 is 21.6 Å². The van der Waals surface area contributed by atoms with Crippen LogP contribution in [0.25, 0.3) is 0 Å². The van der Waals surface area contributed by atoms with Crippen molar-refractivity contribution < 1.29 is 31.1 Å². The molecule has 2 aromatic carbocycles. The summed E-state index contributed by atoms with van der Waals surface area (Å²) in [6.45, 7) is 1.08. The number of hydrogen-bond donors (Lipinski definition) is 1. The molecule has 0 atom stereocenters. The van der Waals surface area contributed by atoms with Crippen LogP contribution in [0.15, 0.2) is 41.3 Å². The zero-order chi connectivity index (χ0) is 20.9. The monoisotopic (exact) mass is 416 g/mol. The van der Waals surface area contributed by atoms with Crippen molar-refractivity contribution in [1.82, 2.24) is 4.31 Å². The van der Waals surface area contributed by atoms with Crippen LogP contribution in [0.1, 0.15) is 13.3 Å². The van der Waals surface area contributed by atoms with E-state index in [1.165, 1.54) is 25.3 Å². The molecule has 10 heteroatoms. The van der Waals surface area contributed by atoms with Gasteiger partial charge in [0.25, 0.3) is 0 Å². The second kappa shape index (κ2) is 9.07. The lowest BCUT2D eigenvalue weighted by Crippen LogP contribution is -2.38. The fraction of sp³-hybridized carbons (Fsp3) is 0.278. The van der Waals surface area contributed by atoms with E-state index in [-0.39, 0.29) is 17.2 Å². The molecular weight excluding hydrogens is 397 g/mol. The lowest BCUT2D eigenvalue weighted by atomic mass is 10.2. The molecule has 6 nitrogen and oxygen atoms in total. The van der Waals surface area contributed by atoms with Crippen LogP contribution in [0.3, 0.4) is 0 Å². The van der Waals surface area contributed by atoms with Crippen LogP contribution in [0.4, 0.5) is 18.9 Å². The Morgan fingerprint density at radius 1 is 1.11 bits per heavy atom. The predicted octanol–water partition coefficient (Wildman–Crippen LogP) is 3.15. The van der Waals surface area contributed by atoms with E-state index in [1.54, 1.807) is 13.0 Å². The Morgan fingerprint density at radius 2 is 1.79 bits per heavy atom. The third kappa shape index (κ3) is 4.63. The second-order valence-corrected chi connectivity index (χ2v) is 7.67. The highest BCUT2D eigenvalue weighted by Gasteiger charge is 2.29. The van der Waals surface area contributed by atoms with Gasteiger partial charge in [0, 0.05) is 6.54 Å². The molecule has 1 N–H and O–H groups in total. The van der Waals surface area contributed by atoms with E-state index < -0.39 is 45.6 Å². The average molecular weight is 416 g/mol. The van der Waals surface area contributed by atoms with Crippen LogP contribution < -0.4 is 10.1 Å². The molecule has 0 unspecified atom stereocenters. The molecule has 0 saturated carbocycles. The van der Waals surface area contributed by atoms with Crippen molar-refractivity contribution in [2.24, 2.45) is 0 Å². The first-order valence-corrected chi connectivity index (χ1v) is 9.72. The number of ether oxygens (including phenoxy) is 1. The Balaban J connectivity index is 2.27. The number of carbonyl (C=O) groups excluding carboxylic acids is 1. The number of carbonyl (C=O) groups is 1. The first-order valence-electron chi connectivity index (χ1n) is 8.28. The maximum absolute atomic E-state index is 13.7. The molecule has 1 amide bonds. The van der Waals surface area contributed by atoms with Gasteiger partial charge in [-0.1, -0.05) is 19.1 Å². The molecule has 0 bridgehead atoms. The van der Waals surface area contributed by atoms with Gasteiger partial charge >= 0.3 is 0 Å². The Bertz CT molecular complexity index is 967. The minimum absolute atomic E-state index is 0.00800. The van der Waals surface area contributed by atoms with Crippen molar-refractivity contribution in [3.05, 3.63) is 53.8 Å². The molecule has 0 aliphatic carbocycles. The van der Waals surface area contributed by atoms with E-state index in [9.17, 15) is 26.4 Å². The maximum atomic E-state index is 13.7. The van der Waals surface area contributed by atoms with Crippen molar-refractivity contribution in [2.45, 2.75) is 18.2 Å². The molecule has 0 aliphatic rings. The van der Waals surface area contributed by atoms with Gasteiger partial charge in [-0.15, -0.1) is 0 Å². The fourth-order valence-corrected chi connectivity index (χ4v) is 4.12. The number of benzene rings is 2. The van der Waals surface area contributed by atoms with E-state index in [4.69, 9.17) is 4.74 Å². The maximum Gasteiger partial charge on any atom is 0.247 e. The van der Waals surface area contributed by atoms with Crippen LogP contribution in [-0.2, 0) is 14.8 Å². The zero-order valence-corrected chi connectivity index (χ0v) is 16.0. The summed E-state index contributed by atoms with van der Waals surface area (Å²) >= 11 is 0. The summed E-state index contributed by atoms with van der Waals surface area (Å²) in [5.41, 5.74) is -0.588. The molecule has 0 aliphatic heterocycles. The predicted molar refractivity (Wildman–Crippen MR) is 97.0 cm³/mol. The van der Waals surface area contributed by atoms with E-state index in [2.05, 4.69) is 5.32 Å². The van der Waals surface area contributed by atoms with Gasteiger partial charge in [-0.05, 0) is 30.7 Å². The molecule has 2 aromatic rings. The number of sulfonamides is 1. The van der Waals surface area contributed by atoms with Crippen LogP contribution in [0, 0.1) is 17.5 Å². The number of para-hydroxylation sites is 1. The van der Waals surface area contributed by atoms with Gasteiger partial charge in [0.05, 0.1) is 19.3 Å². The molecule has 0 saturated heterocycles. The lowest BCUT2D eigenvalue weighted by Gasteiger charge is -2.22. The number of rotatable bonds is 8.